The molecular weight excluding hydrogens is 513 g/mol. The number of likely N-dealkylation sites (N-methyl/N-ethyl adjacent to an activating group) is 1. The van der Waals surface area contributed by atoms with Crippen molar-refractivity contribution in [3.8, 4) is 10.6 Å². The molecule has 3 aromatic rings. The van der Waals surface area contributed by atoms with E-state index in [0.29, 0.717) is 16.1 Å². The Bertz CT molecular complexity index is 1450. The smallest absolute Gasteiger partial charge is 0.255 e. The van der Waals surface area contributed by atoms with Crippen LogP contribution < -0.4 is 10.2 Å². The molecule has 204 valence electrons. The molecule has 8 nitrogen and oxygen atoms in total. The van der Waals surface area contributed by atoms with E-state index in [1.54, 1.807) is 0 Å². The minimum Gasteiger partial charge on any atom is -0.370 e. The Morgan fingerprint density at radius 2 is 1.85 bits per heavy atom. The lowest BCUT2D eigenvalue weighted by atomic mass is 9.65. The Kier molecular flexibility index (Phi) is 5.72. The van der Waals surface area contributed by atoms with Crippen LogP contribution in [0, 0.1) is 18.2 Å². The van der Waals surface area contributed by atoms with Gasteiger partial charge in [0.05, 0.1) is 28.5 Å². The number of pyridine rings is 1. The minimum atomic E-state index is -0.491. The number of thiophene rings is 1. The summed E-state index contributed by atoms with van der Waals surface area (Å²) < 4.78 is 15.1. The molecule has 1 amide bonds. The van der Waals surface area contributed by atoms with Crippen molar-refractivity contribution in [1.82, 2.24) is 24.8 Å². The van der Waals surface area contributed by atoms with Gasteiger partial charge in [0.15, 0.2) is 5.82 Å². The quantitative estimate of drug-likeness (QED) is 0.501. The molecule has 0 aromatic carbocycles. The number of carbonyl (C=O) groups is 1. The Labute approximate surface area is 232 Å². The topological polar surface area (TPSA) is 77.5 Å². The third-order valence-electron chi connectivity index (χ3n) is 9.42. The maximum absolute atomic E-state index is 15.1. The zero-order chi connectivity index (χ0) is 26.9. The molecule has 7 rings (SSSR count). The molecule has 2 saturated heterocycles. The van der Waals surface area contributed by atoms with Crippen molar-refractivity contribution >= 4 is 34.7 Å². The molecule has 3 aliphatic heterocycles. The maximum Gasteiger partial charge on any atom is 0.255 e. The van der Waals surface area contributed by atoms with Crippen LogP contribution in [-0.2, 0) is 5.41 Å². The standard InChI is InChI=1S/C29H34FN7OS/c1-18-22-25(29(7-4-8-29)17-36(3)26(22)38)39-24(18)23-20(30)14-32-27(34-23)33-21-6-5-19(13-31-21)37-12-10-28(16-37)9-11-35(2)15-28/h5-6,13-14H,4,7-12,15-17H2,1-3H3,(H,31,32,33,34). The van der Waals surface area contributed by atoms with Crippen LogP contribution in [0.25, 0.3) is 10.6 Å². The Balaban J connectivity index is 1.13. The molecule has 0 bridgehead atoms. The highest BCUT2D eigenvalue weighted by atomic mass is 32.1. The van der Waals surface area contributed by atoms with Gasteiger partial charge in [-0.3, -0.25) is 4.79 Å². The lowest BCUT2D eigenvalue weighted by molar-refractivity contribution is 0.0658. The number of nitrogens with zero attached hydrogens (tertiary/aromatic N) is 6. The van der Waals surface area contributed by atoms with Crippen molar-refractivity contribution in [1.29, 1.82) is 0 Å². The number of rotatable bonds is 4. The van der Waals surface area contributed by atoms with E-state index in [4.69, 9.17) is 0 Å². The maximum atomic E-state index is 15.1. The molecule has 2 spiro atoms. The van der Waals surface area contributed by atoms with Gasteiger partial charge >= 0.3 is 0 Å². The highest BCUT2D eigenvalue weighted by Gasteiger charge is 2.49. The highest BCUT2D eigenvalue weighted by Crippen LogP contribution is 2.53. The van der Waals surface area contributed by atoms with E-state index in [-0.39, 0.29) is 23.0 Å². The molecule has 4 aliphatic rings. The van der Waals surface area contributed by atoms with Gasteiger partial charge in [0.2, 0.25) is 5.95 Å². The number of likely N-dealkylation sites (tertiary alicyclic amines) is 1. The van der Waals surface area contributed by atoms with Gasteiger partial charge in [-0.1, -0.05) is 6.42 Å². The van der Waals surface area contributed by atoms with Crippen LogP contribution in [0.2, 0.25) is 0 Å². The zero-order valence-electron chi connectivity index (χ0n) is 22.8. The second-order valence-electron chi connectivity index (χ2n) is 12.1. The van der Waals surface area contributed by atoms with Gasteiger partial charge in [-0.05, 0) is 63.9 Å². The number of carbonyl (C=O) groups excluding carboxylic acids is 1. The van der Waals surface area contributed by atoms with Crippen LogP contribution in [0.15, 0.2) is 24.5 Å². The number of aromatic nitrogens is 3. The number of hydrogen-bond acceptors (Lipinski definition) is 8. The van der Waals surface area contributed by atoms with Crippen molar-refractivity contribution in [2.45, 2.75) is 44.4 Å². The van der Waals surface area contributed by atoms with Gasteiger partial charge in [0, 0.05) is 48.9 Å². The van der Waals surface area contributed by atoms with Crippen LogP contribution in [-0.4, -0.2) is 77.5 Å². The van der Waals surface area contributed by atoms with Crippen LogP contribution in [0.4, 0.5) is 21.8 Å². The molecule has 39 heavy (non-hydrogen) atoms. The first-order valence-electron chi connectivity index (χ1n) is 13.8. The molecule has 1 saturated carbocycles. The summed E-state index contributed by atoms with van der Waals surface area (Å²) in [7, 11) is 4.07. The predicted octanol–water partition coefficient (Wildman–Crippen LogP) is 4.83. The number of hydrogen-bond donors (Lipinski definition) is 1. The predicted molar refractivity (Wildman–Crippen MR) is 151 cm³/mol. The molecule has 1 N–H and O–H groups in total. The van der Waals surface area contributed by atoms with Gasteiger partial charge in [-0.15, -0.1) is 11.3 Å². The van der Waals surface area contributed by atoms with Crippen LogP contribution in [0.3, 0.4) is 0 Å². The lowest BCUT2D eigenvalue weighted by Crippen LogP contribution is -2.50. The molecule has 1 aliphatic carbocycles. The SMILES string of the molecule is Cc1c(-c2nc(Nc3ccc(N4CCC5(CCN(C)C5)C4)cn3)ncc2F)sc2c1C(=O)N(C)CC21CCC1. The Morgan fingerprint density at radius 3 is 2.54 bits per heavy atom. The van der Waals surface area contributed by atoms with E-state index in [9.17, 15) is 4.79 Å². The fourth-order valence-electron chi connectivity index (χ4n) is 7.14. The summed E-state index contributed by atoms with van der Waals surface area (Å²) in [6.45, 7) is 7.11. The number of anilines is 3. The van der Waals surface area contributed by atoms with Gasteiger partial charge in [0.1, 0.15) is 11.5 Å². The van der Waals surface area contributed by atoms with Gasteiger partial charge in [-0.2, -0.15) is 0 Å². The molecule has 3 aromatic heterocycles. The monoisotopic (exact) mass is 547 g/mol. The van der Waals surface area contributed by atoms with Gasteiger partial charge < -0.3 is 20.0 Å². The summed E-state index contributed by atoms with van der Waals surface area (Å²) >= 11 is 1.53. The van der Waals surface area contributed by atoms with Crippen LogP contribution in [0.1, 0.15) is 52.9 Å². The summed E-state index contributed by atoms with van der Waals surface area (Å²) in [5.74, 6) is 0.421. The second-order valence-corrected chi connectivity index (χ2v) is 13.2. The normalized spacial score (nSPS) is 24.1. The molecule has 3 fully saturated rings. The highest BCUT2D eigenvalue weighted by molar-refractivity contribution is 7.16. The fraction of sp³-hybridized carbons (Fsp3) is 0.517. The zero-order valence-corrected chi connectivity index (χ0v) is 23.6. The minimum absolute atomic E-state index is 0.00456. The molecular formula is C29H34FN7OS. The van der Waals surface area contributed by atoms with Gasteiger partial charge in [0.25, 0.3) is 5.91 Å². The van der Waals surface area contributed by atoms with E-state index in [1.165, 1.54) is 43.5 Å². The fourth-order valence-corrected chi connectivity index (χ4v) is 8.67. The van der Waals surface area contributed by atoms with Gasteiger partial charge in [-0.25, -0.2) is 19.3 Å². The average Bonchev–Trinajstić information content (AvgIpc) is 3.59. The average molecular weight is 548 g/mol. The van der Waals surface area contributed by atoms with Crippen molar-refractivity contribution in [2.75, 3.05) is 57.0 Å². The van der Waals surface area contributed by atoms with Crippen molar-refractivity contribution < 1.29 is 9.18 Å². The summed E-state index contributed by atoms with van der Waals surface area (Å²) in [5, 5.41) is 3.15. The lowest BCUT2D eigenvalue weighted by Gasteiger charge is -2.47. The third kappa shape index (κ3) is 4.02. The second kappa shape index (κ2) is 8.96. The first-order valence-corrected chi connectivity index (χ1v) is 14.7. The Morgan fingerprint density at radius 1 is 1.03 bits per heavy atom. The number of nitrogens with one attached hydrogen (secondary N) is 1. The van der Waals surface area contributed by atoms with Crippen molar-refractivity contribution in [3.63, 3.8) is 0 Å². The van der Waals surface area contributed by atoms with Crippen LogP contribution >= 0.6 is 11.3 Å². The third-order valence-corrected chi connectivity index (χ3v) is 11.0. The summed E-state index contributed by atoms with van der Waals surface area (Å²) in [5.41, 5.74) is 3.30. The first kappa shape index (κ1) is 24.9. The first-order chi connectivity index (χ1) is 18.8. The number of halogens is 1. The summed E-state index contributed by atoms with van der Waals surface area (Å²) in [6.07, 6.45) is 8.86. The van der Waals surface area contributed by atoms with E-state index in [1.807, 2.05) is 31.1 Å². The molecule has 1 atom stereocenters. The molecule has 6 heterocycles. The van der Waals surface area contributed by atoms with Crippen molar-refractivity contribution in [3.05, 3.63) is 46.3 Å². The van der Waals surface area contributed by atoms with E-state index < -0.39 is 5.82 Å². The number of amides is 1. The van der Waals surface area contributed by atoms with Crippen molar-refractivity contribution in [2.24, 2.45) is 5.41 Å². The molecule has 1 unspecified atom stereocenters. The largest absolute Gasteiger partial charge is 0.370 e. The Hall–Kier alpha value is -3.11. The summed E-state index contributed by atoms with van der Waals surface area (Å²) in [6, 6.07) is 4.01. The summed E-state index contributed by atoms with van der Waals surface area (Å²) in [4.78, 5) is 34.9. The molecule has 10 heteroatoms. The van der Waals surface area contributed by atoms with Crippen LogP contribution in [0.5, 0.6) is 0 Å². The van der Waals surface area contributed by atoms with E-state index in [0.717, 1.165) is 60.6 Å². The van der Waals surface area contributed by atoms with E-state index >= 15 is 4.39 Å². The van der Waals surface area contributed by atoms with E-state index in [2.05, 4.69) is 43.2 Å². The molecule has 0 radical (unpaired) electrons. The number of fused-ring (bicyclic) bond motifs is 2.